The van der Waals surface area contributed by atoms with Crippen LogP contribution in [0, 0.1) is 0 Å². The third-order valence-corrected chi connectivity index (χ3v) is 7.10. The van der Waals surface area contributed by atoms with E-state index in [-0.39, 0.29) is 17.2 Å². The topological polar surface area (TPSA) is 62.3 Å². The molecule has 0 bridgehead atoms. The molecule has 4 rings (SSSR count). The predicted octanol–water partition coefficient (Wildman–Crippen LogP) is 4.38. The Morgan fingerprint density at radius 3 is 2.58 bits per heavy atom. The molecule has 1 atom stereocenters. The first-order valence-electron chi connectivity index (χ1n) is 10.1. The molecular formula is C24H23N3O2S2. The van der Waals surface area contributed by atoms with Gasteiger partial charge in [0.2, 0.25) is 5.91 Å². The maximum Gasteiger partial charge on any atom is 0.251 e. The number of pyridine rings is 1. The van der Waals surface area contributed by atoms with Gasteiger partial charge in [-0.1, -0.05) is 48.5 Å². The van der Waals surface area contributed by atoms with Crippen molar-refractivity contribution in [3.63, 3.8) is 0 Å². The van der Waals surface area contributed by atoms with E-state index in [1.165, 1.54) is 0 Å². The summed E-state index contributed by atoms with van der Waals surface area (Å²) < 4.78 is 0. The fraction of sp³-hybridized carbons (Fsp3) is 0.208. The van der Waals surface area contributed by atoms with Gasteiger partial charge in [0, 0.05) is 30.6 Å². The summed E-state index contributed by atoms with van der Waals surface area (Å²) in [4.78, 5) is 31.0. The maximum atomic E-state index is 12.4. The van der Waals surface area contributed by atoms with E-state index in [0.717, 1.165) is 21.9 Å². The van der Waals surface area contributed by atoms with E-state index in [1.54, 1.807) is 29.7 Å². The summed E-state index contributed by atoms with van der Waals surface area (Å²) in [6, 6.07) is 23.4. The number of aromatic nitrogens is 1. The van der Waals surface area contributed by atoms with E-state index >= 15 is 0 Å². The van der Waals surface area contributed by atoms with Crippen molar-refractivity contribution in [2.45, 2.75) is 16.9 Å². The average Bonchev–Trinajstić information content (AvgIpc) is 3.18. The largest absolute Gasteiger partial charge is 0.351 e. The minimum absolute atomic E-state index is 0.0282. The lowest BCUT2D eigenvalue weighted by molar-refractivity contribution is -0.128. The molecule has 7 heteroatoms. The van der Waals surface area contributed by atoms with Crippen molar-refractivity contribution in [3.8, 4) is 0 Å². The summed E-state index contributed by atoms with van der Waals surface area (Å²) in [6.45, 7) is 1.16. The minimum atomic E-state index is -0.0931. The van der Waals surface area contributed by atoms with E-state index in [0.29, 0.717) is 24.4 Å². The molecule has 2 heterocycles. The monoisotopic (exact) mass is 449 g/mol. The summed E-state index contributed by atoms with van der Waals surface area (Å²) in [5.74, 6) is 1.29. The number of hydrogen-bond donors (Lipinski definition) is 1. The maximum absolute atomic E-state index is 12.4. The van der Waals surface area contributed by atoms with Crippen molar-refractivity contribution in [1.82, 2.24) is 15.2 Å². The third kappa shape index (κ3) is 5.68. The van der Waals surface area contributed by atoms with Gasteiger partial charge in [-0.3, -0.25) is 9.59 Å². The Kier molecular flexibility index (Phi) is 7.27. The smallest absolute Gasteiger partial charge is 0.251 e. The zero-order chi connectivity index (χ0) is 21.5. The number of thioether (sulfide) groups is 2. The highest BCUT2D eigenvalue weighted by Gasteiger charge is 2.32. The lowest BCUT2D eigenvalue weighted by Crippen LogP contribution is -2.28. The first-order chi connectivity index (χ1) is 15.2. The van der Waals surface area contributed by atoms with Crippen molar-refractivity contribution < 1.29 is 9.59 Å². The van der Waals surface area contributed by atoms with Gasteiger partial charge in [0.05, 0.1) is 10.8 Å². The molecule has 0 aliphatic carbocycles. The van der Waals surface area contributed by atoms with Gasteiger partial charge in [-0.2, -0.15) is 0 Å². The number of carbonyl (C=O) groups is 2. The van der Waals surface area contributed by atoms with Gasteiger partial charge in [0.15, 0.2) is 0 Å². The summed E-state index contributed by atoms with van der Waals surface area (Å²) >= 11 is 3.24. The van der Waals surface area contributed by atoms with Crippen LogP contribution in [0.5, 0.6) is 0 Å². The quantitative estimate of drug-likeness (QED) is 0.409. The normalized spacial score (nSPS) is 15.8. The molecule has 1 saturated heterocycles. The van der Waals surface area contributed by atoms with Gasteiger partial charge >= 0.3 is 0 Å². The Morgan fingerprint density at radius 2 is 1.84 bits per heavy atom. The number of carbonyl (C=O) groups excluding carboxylic acids is 2. The van der Waals surface area contributed by atoms with Crippen LogP contribution in [0.1, 0.15) is 26.9 Å². The highest BCUT2D eigenvalue weighted by atomic mass is 32.2. The molecule has 158 valence electrons. The van der Waals surface area contributed by atoms with E-state index in [2.05, 4.69) is 10.3 Å². The molecule has 3 aromatic rings. The van der Waals surface area contributed by atoms with Gasteiger partial charge in [0.25, 0.3) is 5.91 Å². The zero-order valence-electron chi connectivity index (χ0n) is 16.9. The Hall–Kier alpha value is -2.77. The van der Waals surface area contributed by atoms with Crippen molar-refractivity contribution >= 4 is 35.3 Å². The molecule has 2 aromatic carbocycles. The van der Waals surface area contributed by atoms with Crippen LogP contribution in [0.15, 0.2) is 84.0 Å². The molecule has 0 spiro atoms. The summed E-state index contributed by atoms with van der Waals surface area (Å²) in [7, 11) is 0. The Bertz CT molecular complexity index is 1010. The van der Waals surface area contributed by atoms with Crippen molar-refractivity contribution in [2.24, 2.45) is 0 Å². The molecule has 1 fully saturated rings. The predicted molar refractivity (Wildman–Crippen MR) is 126 cm³/mol. The van der Waals surface area contributed by atoms with Crippen LogP contribution in [-0.2, 0) is 11.3 Å². The molecule has 1 aliphatic rings. The van der Waals surface area contributed by atoms with Crippen LogP contribution < -0.4 is 5.32 Å². The molecule has 1 aromatic heterocycles. The number of hydrogen-bond acceptors (Lipinski definition) is 5. The second kappa shape index (κ2) is 10.5. The fourth-order valence-electron chi connectivity index (χ4n) is 3.34. The van der Waals surface area contributed by atoms with Gasteiger partial charge in [-0.05, 0) is 35.4 Å². The van der Waals surface area contributed by atoms with Crippen molar-refractivity contribution in [2.75, 3.05) is 18.1 Å². The molecule has 5 nitrogen and oxygen atoms in total. The van der Waals surface area contributed by atoms with Crippen LogP contribution in [0.2, 0.25) is 0 Å². The highest BCUT2D eigenvalue weighted by molar-refractivity contribution is 8.00. The van der Waals surface area contributed by atoms with Crippen LogP contribution >= 0.6 is 23.5 Å². The lowest BCUT2D eigenvalue weighted by atomic mass is 10.1. The standard InChI is InChI=1S/C24H23N3O2S2/c28-22-17-31-24(27(22)16-18-6-2-1-3-7-18)20-11-9-19(10-12-20)23(29)26-14-15-30-21-8-4-5-13-25-21/h1-13,24H,14-17H2,(H,26,29). The number of benzene rings is 2. The molecule has 1 unspecified atom stereocenters. The number of nitrogens with one attached hydrogen (secondary N) is 1. The van der Waals surface area contributed by atoms with E-state index in [1.807, 2.05) is 77.7 Å². The molecule has 1 aliphatic heterocycles. The summed E-state index contributed by atoms with van der Waals surface area (Å²) in [5.41, 5.74) is 2.77. The summed E-state index contributed by atoms with van der Waals surface area (Å²) in [6.07, 6.45) is 1.76. The van der Waals surface area contributed by atoms with E-state index in [9.17, 15) is 9.59 Å². The first kappa shape index (κ1) is 21.5. The lowest BCUT2D eigenvalue weighted by Gasteiger charge is -2.24. The molecule has 2 amide bonds. The Balaban J connectivity index is 1.32. The first-order valence-corrected chi connectivity index (χ1v) is 12.1. The molecule has 0 radical (unpaired) electrons. The second-order valence-corrected chi connectivity index (χ2v) is 9.25. The fourth-order valence-corrected chi connectivity index (χ4v) is 5.25. The van der Waals surface area contributed by atoms with E-state index in [4.69, 9.17) is 0 Å². The van der Waals surface area contributed by atoms with Gasteiger partial charge < -0.3 is 10.2 Å². The summed E-state index contributed by atoms with van der Waals surface area (Å²) in [5, 5.41) is 3.87. The van der Waals surface area contributed by atoms with E-state index < -0.39 is 0 Å². The van der Waals surface area contributed by atoms with Crippen molar-refractivity contribution in [1.29, 1.82) is 0 Å². The Morgan fingerprint density at radius 1 is 1.06 bits per heavy atom. The molecule has 31 heavy (non-hydrogen) atoms. The number of rotatable bonds is 8. The number of amides is 2. The Labute approximate surface area is 190 Å². The van der Waals surface area contributed by atoms with Crippen LogP contribution in [0.25, 0.3) is 0 Å². The van der Waals surface area contributed by atoms with Crippen LogP contribution in [0.3, 0.4) is 0 Å². The average molecular weight is 450 g/mol. The van der Waals surface area contributed by atoms with Gasteiger partial charge in [-0.25, -0.2) is 4.98 Å². The second-order valence-electron chi connectivity index (χ2n) is 7.06. The SMILES string of the molecule is O=C(NCCSc1ccccn1)c1ccc(C2SCC(=O)N2Cc2ccccc2)cc1. The van der Waals surface area contributed by atoms with Crippen LogP contribution in [-0.4, -0.2) is 39.7 Å². The van der Waals surface area contributed by atoms with Gasteiger partial charge in [-0.15, -0.1) is 23.5 Å². The minimum Gasteiger partial charge on any atom is -0.351 e. The van der Waals surface area contributed by atoms with Crippen molar-refractivity contribution in [3.05, 3.63) is 95.7 Å². The molecule has 1 N–H and O–H groups in total. The third-order valence-electron chi connectivity index (χ3n) is 4.90. The highest BCUT2D eigenvalue weighted by Crippen LogP contribution is 2.39. The molecule has 0 saturated carbocycles. The zero-order valence-corrected chi connectivity index (χ0v) is 18.6. The van der Waals surface area contributed by atoms with Gasteiger partial charge in [0.1, 0.15) is 5.37 Å². The number of nitrogens with zero attached hydrogens (tertiary/aromatic N) is 2. The van der Waals surface area contributed by atoms with Crippen LogP contribution in [0.4, 0.5) is 0 Å². The molecular weight excluding hydrogens is 426 g/mol.